The van der Waals surface area contributed by atoms with Crippen LogP contribution >= 0.6 is 11.8 Å². The minimum Gasteiger partial charge on any atom is -0.337 e. The smallest absolute Gasteiger partial charge is 0.179 e. The highest BCUT2D eigenvalue weighted by Crippen LogP contribution is 2.46. The molecule has 1 aliphatic carbocycles. The van der Waals surface area contributed by atoms with Gasteiger partial charge in [-0.05, 0) is 38.0 Å². The molecule has 0 saturated heterocycles. The molecule has 0 bridgehead atoms. The van der Waals surface area contributed by atoms with Gasteiger partial charge in [0.15, 0.2) is 5.78 Å². The first-order chi connectivity index (χ1) is 10.00. The predicted octanol–water partition coefficient (Wildman–Crippen LogP) is 3.37. The summed E-state index contributed by atoms with van der Waals surface area (Å²) in [5.41, 5.74) is 2.90. The van der Waals surface area contributed by atoms with Gasteiger partial charge in [0.2, 0.25) is 0 Å². The number of hydrogen-bond acceptors (Lipinski definition) is 4. The molecule has 0 unspecified atom stereocenters. The van der Waals surface area contributed by atoms with Gasteiger partial charge in [-0.15, -0.1) is 11.8 Å². The number of thioether (sulfide) groups is 1. The second kappa shape index (κ2) is 5.34. The number of nitrogens with zero attached hydrogens (tertiary/aromatic N) is 1. The number of Topliss-reactive ketones (excluding diaryl/α,β-unsaturated/α-hetero) is 1. The molecule has 3 nitrogen and oxygen atoms in total. The molecule has 2 aliphatic rings. The Morgan fingerprint density at radius 1 is 1.38 bits per heavy atom. The Hall–Kier alpha value is -1.55. The Morgan fingerprint density at radius 2 is 2.19 bits per heavy atom. The van der Waals surface area contributed by atoms with Gasteiger partial charge in [0.1, 0.15) is 6.29 Å². The van der Waals surface area contributed by atoms with Gasteiger partial charge in [-0.25, -0.2) is 0 Å². The lowest BCUT2D eigenvalue weighted by Gasteiger charge is -2.40. The van der Waals surface area contributed by atoms with Gasteiger partial charge in [0.05, 0.1) is 11.4 Å². The zero-order valence-electron chi connectivity index (χ0n) is 12.4. The zero-order chi connectivity index (χ0) is 15.0. The predicted molar refractivity (Wildman–Crippen MR) is 85.8 cm³/mol. The van der Waals surface area contributed by atoms with Gasteiger partial charge in [0.25, 0.3) is 0 Å². The molecular weight excluding hydrogens is 282 g/mol. The molecule has 1 aromatic carbocycles. The van der Waals surface area contributed by atoms with Crippen LogP contribution in [0.5, 0.6) is 0 Å². The van der Waals surface area contributed by atoms with E-state index >= 15 is 0 Å². The lowest BCUT2D eigenvalue weighted by atomic mass is 10.1. The van der Waals surface area contributed by atoms with Crippen LogP contribution in [-0.2, 0) is 16.0 Å². The van der Waals surface area contributed by atoms with E-state index in [1.807, 2.05) is 23.9 Å². The third-order valence-electron chi connectivity index (χ3n) is 3.84. The number of carbonyl (C=O) groups excluding carboxylic acids is 2. The molecule has 110 valence electrons. The molecule has 0 aromatic heterocycles. The number of rotatable bonds is 3. The summed E-state index contributed by atoms with van der Waals surface area (Å²) < 4.78 is 0.0584. The van der Waals surface area contributed by atoms with E-state index in [2.05, 4.69) is 30.9 Å². The summed E-state index contributed by atoms with van der Waals surface area (Å²) in [5.74, 6) is 0.226. The number of ketones is 1. The molecular formula is C17H19NO2S. The average molecular weight is 301 g/mol. The van der Waals surface area contributed by atoms with Crippen molar-refractivity contribution in [2.45, 2.75) is 42.8 Å². The molecule has 0 amide bonds. The van der Waals surface area contributed by atoms with Crippen LogP contribution < -0.4 is 4.90 Å². The van der Waals surface area contributed by atoms with Crippen LogP contribution in [-0.4, -0.2) is 23.4 Å². The number of fused-ring (bicyclic) bond motifs is 1. The third kappa shape index (κ3) is 2.77. The monoisotopic (exact) mass is 301 g/mol. The number of anilines is 1. The first kappa shape index (κ1) is 14.4. The molecule has 0 atom stereocenters. The minimum absolute atomic E-state index is 0.0584. The fourth-order valence-corrected chi connectivity index (χ4v) is 4.14. The SMILES string of the molecule is CC1(C)CN(C2=CCCC2=O)c2cc(CC=O)ccc2S1. The molecule has 4 heteroatoms. The van der Waals surface area contributed by atoms with Crippen molar-refractivity contribution in [2.24, 2.45) is 0 Å². The quantitative estimate of drug-likeness (QED) is 0.802. The molecule has 1 aromatic rings. The number of aldehydes is 1. The van der Waals surface area contributed by atoms with E-state index in [-0.39, 0.29) is 10.5 Å². The molecule has 0 spiro atoms. The second-order valence-corrected chi connectivity index (χ2v) is 7.92. The van der Waals surface area contributed by atoms with Crippen molar-refractivity contribution in [3.05, 3.63) is 35.5 Å². The summed E-state index contributed by atoms with van der Waals surface area (Å²) in [6, 6.07) is 6.13. The number of allylic oxidation sites excluding steroid dienone is 2. The second-order valence-electron chi connectivity index (χ2n) is 6.17. The highest BCUT2D eigenvalue weighted by atomic mass is 32.2. The molecule has 1 aliphatic heterocycles. The molecule has 21 heavy (non-hydrogen) atoms. The first-order valence-electron chi connectivity index (χ1n) is 7.27. The van der Waals surface area contributed by atoms with E-state index in [1.54, 1.807) is 0 Å². The molecule has 0 N–H and O–H groups in total. The van der Waals surface area contributed by atoms with Gasteiger partial charge >= 0.3 is 0 Å². The molecule has 1 heterocycles. The molecule has 0 saturated carbocycles. The van der Waals surface area contributed by atoms with E-state index in [0.717, 1.165) is 36.2 Å². The van der Waals surface area contributed by atoms with Gasteiger partial charge in [-0.2, -0.15) is 0 Å². The van der Waals surface area contributed by atoms with Gasteiger partial charge in [0, 0.05) is 29.0 Å². The lowest BCUT2D eigenvalue weighted by Crippen LogP contribution is -2.40. The van der Waals surface area contributed by atoms with E-state index in [0.29, 0.717) is 12.8 Å². The highest BCUT2D eigenvalue weighted by molar-refractivity contribution is 8.00. The molecule has 0 fully saturated rings. The Kier molecular flexibility index (Phi) is 3.66. The summed E-state index contributed by atoms with van der Waals surface area (Å²) >= 11 is 1.84. The Bertz CT molecular complexity index is 634. The lowest BCUT2D eigenvalue weighted by molar-refractivity contribution is -0.115. The molecule has 3 rings (SSSR count). The minimum atomic E-state index is 0.0584. The maximum absolute atomic E-state index is 12.1. The maximum Gasteiger partial charge on any atom is 0.179 e. The zero-order valence-corrected chi connectivity index (χ0v) is 13.2. The van der Waals surface area contributed by atoms with E-state index in [9.17, 15) is 9.59 Å². The standard InChI is InChI=1S/C17H19NO2S/c1-17(2)11-18(13-4-3-5-15(13)20)14-10-12(8-9-19)6-7-16(14)21-17/h4,6-7,9-10H,3,5,8,11H2,1-2H3. The van der Waals surface area contributed by atoms with E-state index in [4.69, 9.17) is 0 Å². The van der Waals surface area contributed by atoms with Crippen molar-refractivity contribution in [1.82, 2.24) is 0 Å². The van der Waals surface area contributed by atoms with Gasteiger partial charge < -0.3 is 9.69 Å². The maximum atomic E-state index is 12.1. The summed E-state index contributed by atoms with van der Waals surface area (Å²) in [4.78, 5) is 26.2. The van der Waals surface area contributed by atoms with Crippen LogP contribution in [0.3, 0.4) is 0 Å². The number of hydrogen-bond donors (Lipinski definition) is 0. The van der Waals surface area contributed by atoms with Crippen LogP contribution in [0, 0.1) is 0 Å². The van der Waals surface area contributed by atoms with Crippen molar-refractivity contribution in [3.8, 4) is 0 Å². The summed E-state index contributed by atoms with van der Waals surface area (Å²) in [5, 5.41) is 0. The molecule has 0 radical (unpaired) electrons. The number of carbonyl (C=O) groups is 2. The van der Waals surface area contributed by atoms with Crippen molar-refractivity contribution < 1.29 is 9.59 Å². The summed E-state index contributed by atoms with van der Waals surface area (Å²) in [7, 11) is 0. The van der Waals surface area contributed by atoms with Crippen LogP contribution in [0.25, 0.3) is 0 Å². The Balaban J connectivity index is 2.06. The van der Waals surface area contributed by atoms with Crippen LogP contribution in [0.2, 0.25) is 0 Å². The fraction of sp³-hybridized carbons (Fsp3) is 0.412. The Morgan fingerprint density at radius 3 is 2.86 bits per heavy atom. The summed E-state index contributed by atoms with van der Waals surface area (Å²) in [6.45, 7) is 5.21. The van der Waals surface area contributed by atoms with Crippen molar-refractivity contribution in [1.29, 1.82) is 0 Å². The largest absolute Gasteiger partial charge is 0.337 e. The third-order valence-corrected chi connectivity index (χ3v) is 5.09. The van der Waals surface area contributed by atoms with Crippen LogP contribution in [0.4, 0.5) is 5.69 Å². The van der Waals surface area contributed by atoms with E-state index in [1.165, 1.54) is 4.90 Å². The highest BCUT2D eigenvalue weighted by Gasteiger charge is 2.35. The van der Waals surface area contributed by atoms with Gasteiger partial charge in [-0.1, -0.05) is 12.1 Å². The fourth-order valence-electron chi connectivity index (χ4n) is 2.94. The first-order valence-corrected chi connectivity index (χ1v) is 8.08. The van der Waals surface area contributed by atoms with Crippen molar-refractivity contribution in [2.75, 3.05) is 11.4 Å². The normalized spacial score (nSPS) is 20.2. The van der Waals surface area contributed by atoms with Gasteiger partial charge in [-0.3, -0.25) is 4.79 Å². The summed E-state index contributed by atoms with van der Waals surface area (Å²) in [6.07, 6.45) is 4.84. The van der Waals surface area contributed by atoms with Crippen LogP contribution in [0.1, 0.15) is 32.3 Å². The van der Waals surface area contributed by atoms with Crippen molar-refractivity contribution >= 4 is 29.5 Å². The van der Waals surface area contributed by atoms with Crippen molar-refractivity contribution in [3.63, 3.8) is 0 Å². The topological polar surface area (TPSA) is 37.4 Å². The Labute approximate surface area is 129 Å². The average Bonchev–Trinajstić information content (AvgIpc) is 2.84. The van der Waals surface area contributed by atoms with E-state index < -0.39 is 0 Å². The van der Waals surface area contributed by atoms with Crippen LogP contribution in [0.15, 0.2) is 34.9 Å². The number of benzene rings is 1.